The van der Waals surface area contributed by atoms with E-state index in [4.69, 9.17) is 0 Å². The van der Waals surface area contributed by atoms with Crippen LogP contribution >= 0.6 is 11.8 Å². The first-order chi connectivity index (χ1) is 15.9. The average Bonchev–Trinajstić information content (AvgIpc) is 3.21. The van der Waals surface area contributed by atoms with Gasteiger partial charge in [0.1, 0.15) is 11.6 Å². The Labute approximate surface area is 193 Å². The molecule has 0 aliphatic carbocycles. The molecule has 1 aromatic heterocycles. The Kier molecular flexibility index (Phi) is 6.84. The molecule has 1 heterocycles. The molecule has 3 aromatic carbocycles. The molecular weight excluding hydrogens is 444 g/mol. The average molecular weight is 466 g/mol. The number of nitrogens with one attached hydrogen (secondary N) is 1. The maximum Gasteiger partial charge on any atom is 0.230 e. The van der Waals surface area contributed by atoms with Crippen LogP contribution in [-0.2, 0) is 11.3 Å². The lowest BCUT2D eigenvalue weighted by Gasteiger charge is -2.20. The van der Waals surface area contributed by atoms with Gasteiger partial charge in [-0.1, -0.05) is 30.3 Å². The molecule has 4 rings (SSSR count). The van der Waals surface area contributed by atoms with Crippen molar-refractivity contribution in [2.24, 2.45) is 0 Å². The Hall–Kier alpha value is -3.52. The van der Waals surface area contributed by atoms with Crippen LogP contribution in [0.25, 0.3) is 11.0 Å². The van der Waals surface area contributed by atoms with Crippen LogP contribution in [0, 0.1) is 11.6 Å². The zero-order valence-corrected chi connectivity index (χ0v) is 18.6. The molecular formula is C25H21F2N3O2S. The van der Waals surface area contributed by atoms with E-state index in [9.17, 15) is 18.4 Å². The summed E-state index contributed by atoms with van der Waals surface area (Å²) in [6.07, 6.45) is 1.70. The number of thioether (sulfide) groups is 1. The van der Waals surface area contributed by atoms with Crippen LogP contribution in [0.4, 0.5) is 8.78 Å². The molecule has 0 fully saturated rings. The molecule has 0 saturated carbocycles. The number of benzene rings is 3. The molecule has 8 heteroatoms. The predicted octanol–water partition coefficient (Wildman–Crippen LogP) is 5.17. The number of hydrogen-bond donors (Lipinski definition) is 1. The van der Waals surface area contributed by atoms with Crippen LogP contribution in [0.3, 0.4) is 0 Å². The molecule has 4 aromatic rings. The molecule has 0 spiro atoms. The largest absolute Gasteiger partial charge is 0.347 e. The van der Waals surface area contributed by atoms with Gasteiger partial charge in [-0.3, -0.25) is 9.59 Å². The Morgan fingerprint density at radius 3 is 2.55 bits per heavy atom. The van der Waals surface area contributed by atoms with Gasteiger partial charge in [0.25, 0.3) is 0 Å². The highest BCUT2D eigenvalue weighted by Crippen LogP contribution is 2.24. The van der Waals surface area contributed by atoms with E-state index in [0.717, 1.165) is 28.4 Å². The molecule has 1 unspecified atom stereocenters. The Balaban J connectivity index is 1.49. The number of hydrogen-bond acceptors (Lipinski definition) is 4. The Morgan fingerprint density at radius 2 is 1.82 bits per heavy atom. The first kappa shape index (κ1) is 22.7. The summed E-state index contributed by atoms with van der Waals surface area (Å²) in [6.45, 7) is 1.76. The number of para-hydroxylation sites is 2. The van der Waals surface area contributed by atoms with Crippen molar-refractivity contribution in [1.29, 1.82) is 0 Å². The van der Waals surface area contributed by atoms with Crippen LogP contribution in [0.1, 0.15) is 28.9 Å². The molecule has 0 bridgehead atoms. The lowest BCUT2D eigenvalue weighted by atomic mass is 10.1. The minimum absolute atomic E-state index is 0.0152. The fraction of sp³-hybridized carbons (Fsp3) is 0.160. The van der Waals surface area contributed by atoms with Gasteiger partial charge in [-0.2, -0.15) is 0 Å². The highest BCUT2D eigenvalue weighted by atomic mass is 32.2. The van der Waals surface area contributed by atoms with Crippen molar-refractivity contribution in [3.05, 3.63) is 95.8 Å². The lowest BCUT2D eigenvalue weighted by Crippen LogP contribution is -2.32. The number of aromatic nitrogens is 2. The van der Waals surface area contributed by atoms with E-state index >= 15 is 0 Å². The van der Waals surface area contributed by atoms with Gasteiger partial charge in [0.15, 0.2) is 5.78 Å². The molecule has 1 N–H and O–H groups in total. The minimum atomic E-state index is -0.541. The summed E-state index contributed by atoms with van der Waals surface area (Å²) in [5, 5.41) is 2.97. The van der Waals surface area contributed by atoms with Crippen molar-refractivity contribution < 1.29 is 18.4 Å². The van der Waals surface area contributed by atoms with Crippen LogP contribution < -0.4 is 5.32 Å². The predicted molar refractivity (Wildman–Crippen MR) is 124 cm³/mol. The first-order valence-electron chi connectivity index (χ1n) is 10.3. The number of carbonyl (C=O) groups excluding carboxylic acids is 2. The van der Waals surface area contributed by atoms with E-state index in [1.807, 2.05) is 28.8 Å². The van der Waals surface area contributed by atoms with Crippen LogP contribution in [0.5, 0.6) is 0 Å². The third-order valence-corrected chi connectivity index (χ3v) is 6.26. The highest BCUT2D eigenvalue weighted by Gasteiger charge is 2.18. The van der Waals surface area contributed by atoms with E-state index in [2.05, 4.69) is 10.3 Å². The maximum atomic E-state index is 14.3. The summed E-state index contributed by atoms with van der Waals surface area (Å²) >= 11 is 1.05. The fourth-order valence-corrected chi connectivity index (χ4v) is 4.23. The van der Waals surface area contributed by atoms with E-state index < -0.39 is 11.9 Å². The van der Waals surface area contributed by atoms with E-state index in [-0.39, 0.29) is 33.7 Å². The maximum absolute atomic E-state index is 14.3. The number of Topliss-reactive ketones (excluding diaryl/α,β-unsaturated/α-hetero) is 1. The number of carbonyl (C=O) groups is 2. The van der Waals surface area contributed by atoms with Crippen LogP contribution in [-0.4, -0.2) is 27.0 Å². The molecule has 0 saturated heterocycles. The quantitative estimate of drug-likeness (QED) is 0.288. The Bertz CT molecular complexity index is 1300. The molecule has 33 heavy (non-hydrogen) atoms. The lowest BCUT2D eigenvalue weighted by molar-refractivity contribution is -0.119. The van der Waals surface area contributed by atoms with E-state index in [0.29, 0.717) is 6.54 Å². The summed E-state index contributed by atoms with van der Waals surface area (Å²) in [5.41, 5.74) is 2.78. The van der Waals surface area contributed by atoms with E-state index in [1.165, 1.54) is 37.3 Å². The molecule has 1 amide bonds. The SMILES string of the molecule is CC(=O)c1ccc(SCC(=O)NC(Cn2cnc3ccccc32)c2ccc(F)cc2)c(F)c1. The molecule has 5 nitrogen and oxygen atoms in total. The number of amides is 1. The normalized spacial score (nSPS) is 12.0. The van der Waals surface area contributed by atoms with Gasteiger partial charge in [0.2, 0.25) is 5.91 Å². The van der Waals surface area contributed by atoms with Crippen molar-refractivity contribution in [2.75, 3.05) is 5.75 Å². The third-order valence-electron chi connectivity index (χ3n) is 5.21. The van der Waals surface area contributed by atoms with Gasteiger partial charge in [0.05, 0.1) is 29.2 Å². The van der Waals surface area contributed by atoms with Crippen LogP contribution in [0.2, 0.25) is 0 Å². The van der Waals surface area contributed by atoms with Crippen LogP contribution in [0.15, 0.2) is 78.0 Å². The van der Waals surface area contributed by atoms with Gasteiger partial charge < -0.3 is 9.88 Å². The van der Waals surface area contributed by atoms with Crippen molar-refractivity contribution >= 4 is 34.5 Å². The number of ketones is 1. The monoisotopic (exact) mass is 465 g/mol. The summed E-state index contributed by atoms with van der Waals surface area (Å²) in [7, 11) is 0. The van der Waals surface area contributed by atoms with Gasteiger partial charge in [-0.25, -0.2) is 13.8 Å². The van der Waals surface area contributed by atoms with Gasteiger partial charge in [-0.05, 0) is 48.9 Å². The fourth-order valence-electron chi connectivity index (χ4n) is 3.50. The second-order valence-electron chi connectivity index (χ2n) is 7.55. The zero-order valence-electron chi connectivity index (χ0n) is 17.8. The summed E-state index contributed by atoms with van der Waals surface area (Å²) < 4.78 is 29.7. The highest BCUT2D eigenvalue weighted by molar-refractivity contribution is 8.00. The topological polar surface area (TPSA) is 64.0 Å². The molecule has 0 aliphatic heterocycles. The Morgan fingerprint density at radius 1 is 1.06 bits per heavy atom. The first-order valence-corrected chi connectivity index (χ1v) is 11.3. The van der Waals surface area contributed by atoms with Crippen molar-refractivity contribution in [2.45, 2.75) is 24.4 Å². The van der Waals surface area contributed by atoms with Crippen molar-refractivity contribution in [3.63, 3.8) is 0 Å². The molecule has 0 radical (unpaired) electrons. The van der Waals surface area contributed by atoms with Crippen molar-refractivity contribution in [3.8, 4) is 0 Å². The smallest absolute Gasteiger partial charge is 0.230 e. The van der Waals surface area contributed by atoms with E-state index in [1.54, 1.807) is 18.5 Å². The number of fused-ring (bicyclic) bond motifs is 1. The summed E-state index contributed by atoms with van der Waals surface area (Å²) in [5.74, 6) is -1.44. The summed E-state index contributed by atoms with van der Waals surface area (Å²) in [4.78, 5) is 28.8. The second-order valence-corrected chi connectivity index (χ2v) is 8.56. The number of halogens is 2. The van der Waals surface area contributed by atoms with Crippen molar-refractivity contribution in [1.82, 2.24) is 14.9 Å². The number of nitrogens with zero attached hydrogens (tertiary/aromatic N) is 2. The van der Waals surface area contributed by atoms with Gasteiger partial charge in [-0.15, -0.1) is 11.8 Å². The number of rotatable bonds is 8. The second kappa shape index (κ2) is 9.95. The third kappa shape index (κ3) is 5.46. The minimum Gasteiger partial charge on any atom is -0.347 e. The van der Waals surface area contributed by atoms with Gasteiger partial charge >= 0.3 is 0 Å². The van der Waals surface area contributed by atoms with Gasteiger partial charge in [0, 0.05) is 17.0 Å². The number of imidazole rings is 1. The zero-order chi connectivity index (χ0) is 23.4. The summed E-state index contributed by atoms with van der Waals surface area (Å²) in [6, 6.07) is 17.4. The standard InChI is InChI=1S/C25H21F2N3O2S/c1-16(31)18-8-11-24(20(27)12-18)33-14-25(32)29-22(17-6-9-19(26)10-7-17)13-30-15-28-21-4-2-3-5-23(21)30/h2-12,15,22H,13-14H2,1H3,(H,29,32). The molecule has 1 atom stereocenters. The molecule has 0 aliphatic rings. The molecule has 168 valence electrons.